The number of halogens is 1. The summed E-state index contributed by atoms with van der Waals surface area (Å²) in [5.41, 5.74) is 2.26. The molecule has 0 unspecified atom stereocenters. The number of nitrogens with one attached hydrogen (secondary N) is 1. The van der Waals surface area contributed by atoms with Crippen LogP contribution in [0.2, 0.25) is 0 Å². The first-order valence-corrected chi connectivity index (χ1v) is 9.15. The highest BCUT2D eigenvalue weighted by atomic mass is 79.9. The topological polar surface area (TPSA) is 61.9 Å². The standard InChI is InChI=1S/C17H26BrN3O3/c1-5-12-13-9-20(17(23)24-6-2)8-7-14(13)21(10-15(22)19-4)16(12)11(3)18/h5,13-14H,6-10H2,1-4H3,(H,19,22)/b12-5?,16-11-/t13-,14-/m0/s1. The number of allylic oxidation sites excluding steroid dienone is 3. The Morgan fingerprint density at radius 1 is 1.46 bits per heavy atom. The molecule has 2 aliphatic rings. The average molecular weight is 400 g/mol. The normalized spacial score (nSPS) is 27.1. The van der Waals surface area contributed by atoms with Gasteiger partial charge >= 0.3 is 6.09 Å². The van der Waals surface area contributed by atoms with Gasteiger partial charge in [-0.3, -0.25) is 4.79 Å². The van der Waals surface area contributed by atoms with E-state index in [1.165, 1.54) is 5.57 Å². The predicted octanol–water partition coefficient (Wildman–Crippen LogP) is 2.47. The minimum Gasteiger partial charge on any atom is -0.450 e. The first-order chi connectivity index (χ1) is 11.4. The third-order valence-corrected chi connectivity index (χ3v) is 5.07. The van der Waals surface area contributed by atoms with Gasteiger partial charge in [-0.25, -0.2) is 4.79 Å². The molecule has 0 spiro atoms. The summed E-state index contributed by atoms with van der Waals surface area (Å²) in [6.07, 6.45) is 2.66. The molecule has 0 radical (unpaired) electrons. The van der Waals surface area contributed by atoms with Crippen LogP contribution in [0, 0.1) is 5.92 Å². The Kier molecular flexibility index (Phi) is 6.32. The molecule has 134 valence electrons. The molecule has 0 aromatic rings. The second-order valence-corrected chi connectivity index (χ2v) is 7.22. The van der Waals surface area contributed by atoms with Crippen molar-refractivity contribution in [1.82, 2.24) is 15.1 Å². The van der Waals surface area contributed by atoms with Crippen molar-refractivity contribution in [3.05, 3.63) is 21.8 Å². The summed E-state index contributed by atoms with van der Waals surface area (Å²) in [6, 6.07) is 0.224. The lowest BCUT2D eigenvalue weighted by molar-refractivity contribution is -0.121. The molecule has 0 saturated carbocycles. The number of hydrogen-bond acceptors (Lipinski definition) is 4. The highest BCUT2D eigenvalue weighted by Crippen LogP contribution is 2.44. The van der Waals surface area contributed by atoms with Gasteiger partial charge in [0.15, 0.2) is 0 Å². The van der Waals surface area contributed by atoms with Gasteiger partial charge in [-0.2, -0.15) is 0 Å². The van der Waals surface area contributed by atoms with Gasteiger partial charge < -0.3 is 19.9 Å². The number of fused-ring (bicyclic) bond motifs is 1. The van der Waals surface area contributed by atoms with Gasteiger partial charge in [0.25, 0.3) is 0 Å². The molecule has 0 bridgehead atoms. The van der Waals surface area contributed by atoms with Gasteiger partial charge in [0, 0.05) is 36.6 Å². The molecular weight excluding hydrogens is 374 g/mol. The van der Waals surface area contributed by atoms with Crippen molar-refractivity contribution in [1.29, 1.82) is 0 Å². The van der Waals surface area contributed by atoms with E-state index in [0.29, 0.717) is 26.2 Å². The van der Waals surface area contributed by atoms with Crippen molar-refractivity contribution >= 4 is 27.9 Å². The smallest absolute Gasteiger partial charge is 0.409 e. The minimum absolute atomic E-state index is 0.00910. The molecule has 2 aliphatic heterocycles. The van der Waals surface area contributed by atoms with Crippen LogP contribution in [0.5, 0.6) is 0 Å². The number of carbonyl (C=O) groups excluding carboxylic acids is 2. The maximum absolute atomic E-state index is 12.1. The summed E-state index contributed by atoms with van der Waals surface area (Å²) in [4.78, 5) is 28.0. The average Bonchev–Trinajstić information content (AvgIpc) is 2.87. The maximum Gasteiger partial charge on any atom is 0.409 e. The molecule has 2 rings (SSSR count). The molecule has 2 fully saturated rings. The Bertz CT molecular complexity index is 569. The quantitative estimate of drug-likeness (QED) is 0.791. The lowest BCUT2D eigenvalue weighted by Crippen LogP contribution is -2.49. The number of piperidine rings is 1. The Labute approximate surface area is 152 Å². The summed E-state index contributed by atoms with van der Waals surface area (Å²) in [5.74, 6) is 0.186. The lowest BCUT2D eigenvalue weighted by atomic mass is 9.89. The van der Waals surface area contributed by atoms with E-state index in [-0.39, 0.29) is 24.0 Å². The van der Waals surface area contributed by atoms with Crippen LogP contribution in [0.25, 0.3) is 0 Å². The summed E-state index contributed by atoms with van der Waals surface area (Å²) in [7, 11) is 1.65. The number of hydrogen-bond donors (Lipinski definition) is 1. The molecule has 0 aromatic heterocycles. The number of amides is 2. The van der Waals surface area contributed by atoms with Crippen LogP contribution < -0.4 is 5.32 Å². The van der Waals surface area contributed by atoms with Crippen molar-refractivity contribution in [3.63, 3.8) is 0 Å². The molecule has 7 heteroatoms. The van der Waals surface area contributed by atoms with Crippen LogP contribution in [0.15, 0.2) is 21.8 Å². The van der Waals surface area contributed by atoms with E-state index in [1.807, 2.05) is 20.8 Å². The molecule has 2 heterocycles. The van der Waals surface area contributed by atoms with Crippen molar-refractivity contribution < 1.29 is 14.3 Å². The Balaban J connectivity index is 2.30. The van der Waals surface area contributed by atoms with E-state index in [2.05, 4.69) is 32.2 Å². The fraction of sp³-hybridized carbons (Fsp3) is 0.647. The zero-order valence-electron chi connectivity index (χ0n) is 14.8. The van der Waals surface area contributed by atoms with Crippen molar-refractivity contribution in [2.75, 3.05) is 33.3 Å². The van der Waals surface area contributed by atoms with Crippen molar-refractivity contribution in [2.45, 2.75) is 33.2 Å². The molecule has 0 aliphatic carbocycles. The summed E-state index contributed by atoms with van der Waals surface area (Å²) in [6.45, 7) is 7.80. The van der Waals surface area contributed by atoms with E-state index < -0.39 is 0 Å². The number of likely N-dealkylation sites (N-methyl/N-ethyl adjacent to an activating group) is 1. The predicted molar refractivity (Wildman–Crippen MR) is 96.6 cm³/mol. The van der Waals surface area contributed by atoms with Gasteiger partial charge in [0.1, 0.15) is 0 Å². The number of rotatable bonds is 3. The van der Waals surface area contributed by atoms with Gasteiger partial charge in [-0.1, -0.05) is 22.0 Å². The van der Waals surface area contributed by atoms with E-state index in [9.17, 15) is 9.59 Å². The largest absolute Gasteiger partial charge is 0.450 e. The van der Waals surface area contributed by atoms with E-state index in [0.717, 1.165) is 16.6 Å². The van der Waals surface area contributed by atoms with Crippen LogP contribution in [0.3, 0.4) is 0 Å². The van der Waals surface area contributed by atoms with E-state index >= 15 is 0 Å². The van der Waals surface area contributed by atoms with E-state index in [4.69, 9.17) is 4.74 Å². The van der Waals surface area contributed by atoms with Gasteiger partial charge in [0.05, 0.1) is 18.8 Å². The van der Waals surface area contributed by atoms with E-state index in [1.54, 1.807) is 11.9 Å². The molecule has 2 amide bonds. The summed E-state index contributed by atoms with van der Waals surface area (Å²) >= 11 is 3.60. The minimum atomic E-state index is -0.253. The van der Waals surface area contributed by atoms with Crippen LogP contribution >= 0.6 is 15.9 Å². The highest BCUT2D eigenvalue weighted by molar-refractivity contribution is 9.11. The SMILES string of the molecule is CC=C1/C(=C(\C)Br)N(CC(=O)NC)[C@H]2CCN(C(=O)OCC)C[C@@H]12. The van der Waals surface area contributed by atoms with Gasteiger partial charge in [-0.05, 0) is 32.8 Å². The van der Waals surface area contributed by atoms with Crippen LogP contribution in [0.1, 0.15) is 27.2 Å². The third-order valence-electron chi connectivity index (χ3n) is 4.69. The zero-order valence-corrected chi connectivity index (χ0v) is 16.4. The third kappa shape index (κ3) is 3.61. The second-order valence-electron chi connectivity index (χ2n) is 6.03. The maximum atomic E-state index is 12.1. The van der Waals surface area contributed by atoms with Gasteiger partial charge in [-0.15, -0.1) is 0 Å². The van der Waals surface area contributed by atoms with Crippen LogP contribution in [-0.2, 0) is 9.53 Å². The number of carbonyl (C=O) groups is 2. The second kappa shape index (κ2) is 8.05. The molecule has 1 N–H and O–H groups in total. The number of ether oxygens (including phenoxy) is 1. The Morgan fingerprint density at radius 2 is 2.17 bits per heavy atom. The summed E-state index contributed by atoms with van der Waals surface area (Å²) < 4.78 is 6.16. The lowest BCUT2D eigenvalue weighted by Gasteiger charge is -2.37. The fourth-order valence-corrected chi connectivity index (χ4v) is 4.14. The molecule has 0 aromatic carbocycles. The molecule has 6 nitrogen and oxygen atoms in total. The number of likely N-dealkylation sites (tertiary alicyclic amines) is 2. The van der Waals surface area contributed by atoms with Crippen LogP contribution in [-0.4, -0.2) is 61.1 Å². The van der Waals surface area contributed by atoms with Crippen molar-refractivity contribution in [3.8, 4) is 0 Å². The first kappa shape index (κ1) is 18.8. The number of nitrogens with zero attached hydrogens (tertiary/aromatic N) is 2. The Morgan fingerprint density at radius 3 is 2.71 bits per heavy atom. The fourth-order valence-electron chi connectivity index (χ4n) is 3.68. The molecule has 24 heavy (non-hydrogen) atoms. The summed E-state index contributed by atoms with van der Waals surface area (Å²) in [5, 5.41) is 2.70. The van der Waals surface area contributed by atoms with Gasteiger partial charge in [0.2, 0.25) is 5.91 Å². The molecule has 2 saturated heterocycles. The highest BCUT2D eigenvalue weighted by Gasteiger charge is 2.45. The molecule has 2 atom stereocenters. The zero-order chi connectivity index (χ0) is 17.9. The Hall–Kier alpha value is -1.50. The first-order valence-electron chi connectivity index (χ1n) is 8.36. The van der Waals surface area contributed by atoms with Crippen molar-refractivity contribution in [2.24, 2.45) is 5.92 Å². The monoisotopic (exact) mass is 399 g/mol. The van der Waals surface area contributed by atoms with Crippen LogP contribution in [0.4, 0.5) is 4.79 Å². The molecular formula is C17H26BrN3O3.